The van der Waals surface area contributed by atoms with Crippen molar-refractivity contribution in [1.82, 2.24) is 0 Å². The van der Waals surface area contributed by atoms with Crippen molar-refractivity contribution in [1.29, 1.82) is 0 Å². The largest absolute Gasteiger partial charge is 0.355 e. The predicted molar refractivity (Wildman–Crippen MR) is 325 cm³/mol. The number of hydrogen-bond donors (Lipinski definition) is 2. The second-order valence-corrected chi connectivity index (χ2v) is 20.6. The fraction of sp³-hybridized carbons (Fsp3) is 0.139. The zero-order valence-electron chi connectivity index (χ0n) is 42.8. The molecular formula is C72H61N3. The minimum absolute atomic E-state index is 1.09. The van der Waals surface area contributed by atoms with E-state index in [1.807, 2.05) is 0 Å². The summed E-state index contributed by atoms with van der Waals surface area (Å²) >= 11 is 0. The van der Waals surface area contributed by atoms with Crippen LogP contribution < -0.4 is 15.5 Å². The van der Waals surface area contributed by atoms with E-state index in [1.54, 1.807) is 0 Å². The van der Waals surface area contributed by atoms with Gasteiger partial charge in [0.05, 0.1) is 0 Å². The van der Waals surface area contributed by atoms with Crippen LogP contribution in [-0.4, -0.2) is 0 Å². The Morgan fingerprint density at radius 1 is 0.307 bits per heavy atom. The summed E-state index contributed by atoms with van der Waals surface area (Å²) in [6.07, 6.45) is 11.8. The van der Waals surface area contributed by atoms with Gasteiger partial charge in [-0.3, -0.25) is 0 Å². The van der Waals surface area contributed by atoms with Crippen molar-refractivity contribution in [2.45, 2.75) is 64.7 Å². The molecule has 2 N–H and O–H groups in total. The molecule has 13 rings (SSSR count). The van der Waals surface area contributed by atoms with E-state index in [9.17, 15) is 0 Å². The normalized spacial score (nSPS) is 11.7. The molecule has 0 aromatic heterocycles. The SMILES string of the molecule is CCCCCCCCCCc1ccc(N(c2ccc(-c3ccc4ccc5c(Nc6ccccc6)ccc6ccc3c4c65)cc2)c2ccc(-c3ccc4ccc5c(Nc6ccccc6)ccc6ccc3c4c65)cc2)cc1. The van der Waals surface area contributed by atoms with E-state index in [0.717, 1.165) is 46.2 Å². The lowest BCUT2D eigenvalue weighted by atomic mass is 9.89. The highest BCUT2D eigenvalue weighted by molar-refractivity contribution is 6.29. The number of hydrogen-bond acceptors (Lipinski definition) is 3. The molecule has 3 heteroatoms. The van der Waals surface area contributed by atoms with Crippen LogP contribution in [-0.2, 0) is 6.42 Å². The third-order valence-corrected chi connectivity index (χ3v) is 15.8. The fourth-order valence-corrected chi connectivity index (χ4v) is 12.0. The van der Waals surface area contributed by atoms with Crippen molar-refractivity contribution >= 4 is 104 Å². The highest BCUT2D eigenvalue weighted by Crippen LogP contribution is 2.45. The fourth-order valence-electron chi connectivity index (χ4n) is 12.0. The van der Waals surface area contributed by atoms with Crippen molar-refractivity contribution < 1.29 is 0 Å². The summed E-state index contributed by atoms with van der Waals surface area (Å²) in [5.74, 6) is 0. The lowest BCUT2D eigenvalue weighted by Gasteiger charge is -2.26. The Labute approximate surface area is 440 Å². The molecule has 0 unspecified atom stereocenters. The molecule has 0 radical (unpaired) electrons. The molecule has 0 amide bonds. The van der Waals surface area contributed by atoms with Crippen LogP contribution in [0.15, 0.2) is 231 Å². The van der Waals surface area contributed by atoms with Crippen LogP contribution in [0.25, 0.3) is 86.9 Å². The van der Waals surface area contributed by atoms with Gasteiger partial charge in [0.25, 0.3) is 0 Å². The van der Waals surface area contributed by atoms with E-state index in [1.165, 1.54) is 144 Å². The molecule has 0 spiro atoms. The molecule has 0 saturated heterocycles. The number of benzene rings is 13. The first-order valence-electron chi connectivity index (χ1n) is 27.3. The average molecular weight is 968 g/mol. The first kappa shape index (κ1) is 46.1. The highest BCUT2D eigenvalue weighted by atomic mass is 15.1. The smallest absolute Gasteiger partial charge is 0.0464 e. The number of anilines is 7. The van der Waals surface area contributed by atoms with Crippen molar-refractivity contribution in [2.75, 3.05) is 15.5 Å². The number of para-hydroxylation sites is 2. The Kier molecular flexibility index (Phi) is 12.5. The van der Waals surface area contributed by atoms with Gasteiger partial charge < -0.3 is 15.5 Å². The van der Waals surface area contributed by atoms with Gasteiger partial charge in [-0.05, 0) is 167 Å². The average Bonchev–Trinajstić information content (AvgIpc) is 3.48. The van der Waals surface area contributed by atoms with Crippen LogP contribution in [0.3, 0.4) is 0 Å². The molecule has 0 heterocycles. The molecule has 364 valence electrons. The van der Waals surface area contributed by atoms with Gasteiger partial charge in [-0.1, -0.05) is 210 Å². The maximum Gasteiger partial charge on any atom is 0.0464 e. The van der Waals surface area contributed by atoms with E-state index in [-0.39, 0.29) is 0 Å². The van der Waals surface area contributed by atoms with E-state index in [2.05, 4.69) is 253 Å². The molecule has 0 bridgehead atoms. The quantitative estimate of drug-likeness (QED) is 0.0663. The maximum atomic E-state index is 3.70. The maximum absolute atomic E-state index is 3.70. The van der Waals surface area contributed by atoms with Crippen molar-refractivity contribution in [2.24, 2.45) is 0 Å². The van der Waals surface area contributed by atoms with Crippen LogP contribution in [0.5, 0.6) is 0 Å². The molecule has 0 atom stereocenters. The molecule has 0 aliphatic heterocycles. The number of aryl methyl sites for hydroxylation is 1. The van der Waals surface area contributed by atoms with E-state index in [4.69, 9.17) is 0 Å². The van der Waals surface area contributed by atoms with Crippen molar-refractivity contribution in [3.05, 3.63) is 236 Å². The Hall–Kier alpha value is -8.66. The Bertz CT molecular complexity index is 3830. The van der Waals surface area contributed by atoms with Gasteiger partial charge in [0, 0.05) is 50.6 Å². The van der Waals surface area contributed by atoms with Gasteiger partial charge in [-0.2, -0.15) is 0 Å². The summed E-state index contributed by atoms with van der Waals surface area (Å²) in [5, 5.41) is 22.7. The molecule has 0 aliphatic rings. The molecule has 13 aromatic carbocycles. The second-order valence-electron chi connectivity index (χ2n) is 20.6. The number of nitrogens with one attached hydrogen (secondary N) is 2. The van der Waals surface area contributed by atoms with Crippen LogP contribution >= 0.6 is 0 Å². The van der Waals surface area contributed by atoms with Gasteiger partial charge in [0.1, 0.15) is 0 Å². The number of unbranched alkanes of at least 4 members (excludes halogenated alkanes) is 7. The monoisotopic (exact) mass is 967 g/mol. The number of rotatable bonds is 18. The third kappa shape index (κ3) is 8.93. The van der Waals surface area contributed by atoms with Crippen molar-refractivity contribution in [3.63, 3.8) is 0 Å². The van der Waals surface area contributed by atoms with Crippen LogP contribution in [0.4, 0.5) is 39.8 Å². The second kappa shape index (κ2) is 20.3. The summed E-state index contributed by atoms with van der Waals surface area (Å²) in [4.78, 5) is 2.42. The zero-order valence-corrected chi connectivity index (χ0v) is 42.8. The lowest BCUT2D eigenvalue weighted by molar-refractivity contribution is 0.575. The van der Waals surface area contributed by atoms with Gasteiger partial charge in [-0.25, -0.2) is 0 Å². The Morgan fingerprint density at radius 3 is 1.11 bits per heavy atom. The summed E-state index contributed by atoms with van der Waals surface area (Å²) in [6, 6.07) is 85.2. The molecule has 75 heavy (non-hydrogen) atoms. The first-order valence-corrected chi connectivity index (χ1v) is 27.3. The molecule has 0 fully saturated rings. The zero-order chi connectivity index (χ0) is 50.1. The standard InChI is InChI=1S/C72H61N3/c1-2-3-4-5-6-7-8-11-16-49-21-35-58(36-22-49)75(59-37-23-50(24-38-59)61-41-27-52-31-45-65-67(73-56-17-12-9-13-18-56)47-33-54-29-43-63(61)69(52)71(54)65)60-39-25-51(26-40-60)62-42-28-53-32-46-66-68(74-57-19-14-10-15-20-57)48-34-55-30-44-64(62)70(53)72(55)66/h9-10,12-15,17-48,73-74H,2-8,11,16H2,1H3. The van der Waals surface area contributed by atoms with Gasteiger partial charge >= 0.3 is 0 Å². The topological polar surface area (TPSA) is 27.3 Å². The van der Waals surface area contributed by atoms with Gasteiger partial charge in [0.2, 0.25) is 0 Å². The van der Waals surface area contributed by atoms with Crippen LogP contribution in [0, 0.1) is 0 Å². The molecule has 0 saturated carbocycles. The van der Waals surface area contributed by atoms with Gasteiger partial charge in [-0.15, -0.1) is 0 Å². The predicted octanol–water partition coefficient (Wildman–Crippen LogP) is 21.5. The molecule has 13 aromatic rings. The molecular weight excluding hydrogens is 907 g/mol. The number of nitrogens with zero attached hydrogens (tertiary/aromatic N) is 1. The third-order valence-electron chi connectivity index (χ3n) is 15.8. The van der Waals surface area contributed by atoms with E-state index >= 15 is 0 Å². The van der Waals surface area contributed by atoms with Crippen molar-refractivity contribution in [3.8, 4) is 22.3 Å². The molecule has 3 nitrogen and oxygen atoms in total. The summed E-state index contributed by atoms with van der Waals surface area (Å²) in [6.45, 7) is 2.29. The summed E-state index contributed by atoms with van der Waals surface area (Å²) in [7, 11) is 0. The summed E-state index contributed by atoms with van der Waals surface area (Å²) < 4.78 is 0. The van der Waals surface area contributed by atoms with Gasteiger partial charge in [0.15, 0.2) is 0 Å². The van der Waals surface area contributed by atoms with E-state index in [0.29, 0.717) is 0 Å². The highest BCUT2D eigenvalue weighted by Gasteiger charge is 2.19. The first-order chi connectivity index (χ1) is 37.1. The summed E-state index contributed by atoms with van der Waals surface area (Å²) in [5.41, 5.74) is 14.1. The molecule has 0 aliphatic carbocycles. The van der Waals surface area contributed by atoms with Crippen LogP contribution in [0.2, 0.25) is 0 Å². The lowest BCUT2D eigenvalue weighted by Crippen LogP contribution is -2.10. The van der Waals surface area contributed by atoms with E-state index < -0.39 is 0 Å². The minimum atomic E-state index is 1.09. The Morgan fingerprint density at radius 2 is 0.667 bits per heavy atom. The Balaban J connectivity index is 0.840. The van der Waals surface area contributed by atoms with Crippen LogP contribution in [0.1, 0.15) is 63.9 Å². The minimum Gasteiger partial charge on any atom is -0.355 e.